The molecule has 3 aliphatic rings. The molecule has 2 atom stereocenters. The van der Waals surface area contributed by atoms with E-state index in [0.29, 0.717) is 44.3 Å². The average molecular weight is 398 g/mol. The van der Waals surface area contributed by atoms with Crippen molar-refractivity contribution in [2.45, 2.75) is 55.5 Å². The molecule has 1 aromatic carbocycles. The Hall–Kier alpha value is -1.64. The van der Waals surface area contributed by atoms with Gasteiger partial charge in [0.25, 0.3) is 0 Å². The van der Waals surface area contributed by atoms with E-state index in [4.69, 9.17) is 11.6 Å². The van der Waals surface area contributed by atoms with Gasteiger partial charge in [0.1, 0.15) is 4.90 Å². The molecule has 2 bridgehead atoms. The average Bonchev–Trinajstić information content (AvgIpc) is 2.77. The number of hydrogen-bond donors (Lipinski definition) is 2. The number of halogens is 1. The minimum absolute atomic E-state index is 0.00799. The zero-order chi connectivity index (χ0) is 18.5. The molecule has 3 aliphatic heterocycles. The molecule has 2 N–H and O–H groups in total. The Morgan fingerprint density at radius 2 is 1.85 bits per heavy atom. The quantitative estimate of drug-likeness (QED) is 0.793. The molecular weight excluding hydrogens is 378 g/mol. The molecule has 0 spiro atoms. The van der Waals surface area contributed by atoms with Crippen LogP contribution in [0.1, 0.15) is 37.7 Å². The first-order chi connectivity index (χ1) is 12.4. The van der Waals surface area contributed by atoms with Crippen LogP contribution in [0.3, 0.4) is 0 Å². The first-order valence-corrected chi connectivity index (χ1v) is 10.6. The molecule has 0 saturated carbocycles. The van der Waals surface area contributed by atoms with Crippen molar-refractivity contribution in [3.8, 4) is 0 Å². The summed E-state index contributed by atoms with van der Waals surface area (Å²) in [7, 11) is -3.88. The molecule has 2 fully saturated rings. The van der Waals surface area contributed by atoms with E-state index in [1.165, 1.54) is 10.4 Å². The predicted octanol–water partition coefficient (Wildman–Crippen LogP) is 1.66. The molecule has 0 aromatic heterocycles. The van der Waals surface area contributed by atoms with Crippen molar-refractivity contribution in [1.82, 2.24) is 9.62 Å². The zero-order valence-electron chi connectivity index (χ0n) is 14.1. The summed E-state index contributed by atoms with van der Waals surface area (Å²) in [4.78, 5) is 23.6. The van der Waals surface area contributed by atoms with E-state index in [9.17, 15) is 18.0 Å². The Bertz CT molecular complexity index is 886. The lowest BCUT2D eigenvalue weighted by molar-refractivity contribution is -0.121. The number of anilines is 1. The monoisotopic (exact) mass is 397 g/mol. The number of hydrogen-bond acceptors (Lipinski definition) is 4. The van der Waals surface area contributed by atoms with Gasteiger partial charge in [-0.25, -0.2) is 8.42 Å². The Kier molecular flexibility index (Phi) is 4.45. The summed E-state index contributed by atoms with van der Waals surface area (Å²) in [6.45, 7) is 0.313. The van der Waals surface area contributed by atoms with Crippen molar-refractivity contribution in [3.05, 3.63) is 22.7 Å². The third-order valence-corrected chi connectivity index (χ3v) is 7.82. The predicted molar refractivity (Wildman–Crippen MR) is 96.5 cm³/mol. The highest BCUT2D eigenvalue weighted by molar-refractivity contribution is 7.89. The summed E-state index contributed by atoms with van der Waals surface area (Å²) in [5.74, 6) is -0.253. The number of fused-ring (bicyclic) bond motifs is 3. The molecule has 140 valence electrons. The van der Waals surface area contributed by atoms with Gasteiger partial charge in [-0.2, -0.15) is 4.31 Å². The zero-order valence-corrected chi connectivity index (χ0v) is 15.7. The molecule has 7 nitrogen and oxygen atoms in total. The van der Waals surface area contributed by atoms with Gasteiger partial charge >= 0.3 is 0 Å². The normalized spacial score (nSPS) is 26.5. The van der Waals surface area contributed by atoms with Gasteiger partial charge in [0.05, 0.1) is 5.02 Å². The molecule has 1 aromatic rings. The first kappa shape index (κ1) is 17.8. The van der Waals surface area contributed by atoms with Crippen molar-refractivity contribution in [2.24, 2.45) is 0 Å². The Balaban J connectivity index is 1.77. The van der Waals surface area contributed by atoms with Crippen LogP contribution in [0, 0.1) is 0 Å². The minimum Gasteiger partial charge on any atom is -0.354 e. The van der Waals surface area contributed by atoms with Gasteiger partial charge in [-0.05, 0) is 43.4 Å². The number of nitrogens with one attached hydrogen (secondary N) is 2. The maximum atomic E-state index is 13.4. The maximum absolute atomic E-state index is 13.4. The summed E-state index contributed by atoms with van der Waals surface area (Å²) in [5.41, 5.74) is 1.35. The van der Waals surface area contributed by atoms with Crippen LogP contribution in [0.25, 0.3) is 0 Å². The van der Waals surface area contributed by atoms with Crippen LogP contribution in [0.4, 0.5) is 5.69 Å². The second-order valence-corrected chi connectivity index (χ2v) is 9.29. The van der Waals surface area contributed by atoms with Crippen molar-refractivity contribution in [2.75, 3.05) is 11.9 Å². The van der Waals surface area contributed by atoms with Crippen LogP contribution in [0.5, 0.6) is 0 Å². The van der Waals surface area contributed by atoms with Gasteiger partial charge < -0.3 is 10.6 Å². The van der Waals surface area contributed by atoms with E-state index in [0.717, 1.165) is 5.56 Å². The molecular formula is C17H20ClN3O4S. The minimum atomic E-state index is -3.88. The Morgan fingerprint density at radius 1 is 1.08 bits per heavy atom. The van der Waals surface area contributed by atoms with E-state index >= 15 is 0 Å². The lowest BCUT2D eigenvalue weighted by Crippen LogP contribution is -2.42. The van der Waals surface area contributed by atoms with Crippen LogP contribution in [-0.2, 0) is 26.0 Å². The van der Waals surface area contributed by atoms with Gasteiger partial charge in [0.15, 0.2) is 0 Å². The van der Waals surface area contributed by atoms with Crippen molar-refractivity contribution >= 4 is 39.1 Å². The number of rotatable bonds is 2. The van der Waals surface area contributed by atoms with Crippen LogP contribution in [0.2, 0.25) is 5.02 Å². The topological polar surface area (TPSA) is 95.6 Å². The Morgan fingerprint density at radius 3 is 2.65 bits per heavy atom. The third kappa shape index (κ3) is 3.00. The van der Waals surface area contributed by atoms with E-state index in [1.807, 2.05) is 0 Å². The highest BCUT2D eigenvalue weighted by Gasteiger charge is 2.45. The molecule has 4 rings (SSSR count). The molecule has 3 heterocycles. The number of carbonyl (C=O) groups excluding carboxylic acids is 2. The number of amides is 2. The largest absolute Gasteiger partial charge is 0.354 e. The first-order valence-electron chi connectivity index (χ1n) is 8.79. The third-order valence-electron chi connectivity index (χ3n) is 5.35. The van der Waals surface area contributed by atoms with Crippen LogP contribution in [0.15, 0.2) is 17.0 Å². The summed E-state index contributed by atoms with van der Waals surface area (Å²) in [6, 6.07) is 2.49. The molecule has 9 heteroatoms. The van der Waals surface area contributed by atoms with Crippen LogP contribution in [-0.4, -0.2) is 43.2 Å². The smallest absolute Gasteiger partial charge is 0.245 e. The lowest BCUT2D eigenvalue weighted by Gasteiger charge is -2.27. The van der Waals surface area contributed by atoms with Gasteiger partial charge in [-0.1, -0.05) is 11.6 Å². The van der Waals surface area contributed by atoms with E-state index < -0.39 is 10.0 Å². The molecule has 0 radical (unpaired) electrons. The summed E-state index contributed by atoms with van der Waals surface area (Å²) in [5, 5.41) is 5.70. The van der Waals surface area contributed by atoms with Crippen molar-refractivity contribution in [3.63, 3.8) is 0 Å². The Labute approximate surface area is 157 Å². The molecule has 26 heavy (non-hydrogen) atoms. The highest BCUT2D eigenvalue weighted by atomic mass is 35.5. The SMILES string of the molecule is O=C1CC2CCC(CN1)N2S(=O)(=O)c1cc2c(cc1Cl)CCCC(=O)N2. The van der Waals surface area contributed by atoms with Gasteiger partial charge in [-0.3, -0.25) is 9.59 Å². The van der Waals surface area contributed by atoms with Gasteiger partial charge in [0.2, 0.25) is 21.8 Å². The summed E-state index contributed by atoms with van der Waals surface area (Å²) >= 11 is 6.34. The second kappa shape index (κ2) is 6.51. The fourth-order valence-electron chi connectivity index (χ4n) is 4.11. The molecule has 0 aliphatic carbocycles. The second-order valence-electron chi connectivity index (χ2n) is 7.07. The molecule has 2 amide bonds. The highest BCUT2D eigenvalue weighted by Crippen LogP contribution is 2.38. The molecule has 2 saturated heterocycles. The summed E-state index contributed by atoms with van der Waals surface area (Å²) in [6.07, 6.45) is 3.31. The van der Waals surface area contributed by atoms with Crippen molar-refractivity contribution in [1.29, 1.82) is 0 Å². The van der Waals surface area contributed by atoms with E-state index in [1.54, 1.807) is 6.07 Å². The number of nitrogens with zero attached hydrogens (tertiary/aromatic N) is 1. The van der Waals surface area contributed by atoms with Crippen LogP contribution < -0.4 is 10.6 Å². The van der Waals surface area contributed by atoms with E-state index in [2.05, 4.69) is 10.6 Å². The maximum Gasteiger partial charge on any atom is 0.245 e. The summed E-state index contributed by atoms with van der Waals surface area (Å²) < 4.78 is 28.2. The fourth-order valence-corrected chi connectivity index (χ4v) is 6.54. The van der Waals surface area contributed by atoms with Crippen molar-refractivity contribution < 1.29 is 18.0 Å². The van der Waals surface area contributed by atoms with Gasteiger partial charge in [0, 0.05) is 37.2 Å². The fraction of sp³-hybridized carbons (Fsp3) is 0.529. The van der Waals surface area contributed by atoms with Crippen LogP contribution >= 0.6 is 11.6 Å². The van der Waals surface area contributed by atoms with Gasteiger partial charge in [-0.15, -0.1) is 0 Å². The number of aryl methyl sites for hydroxylation is 1. The number of carbonyl (C=O) groups is 2. The van der Waals surface area contributed by atoms with E-state index in [-0.39, 0.29) is 40.2 Å². The number of benzene rings is 1. The molecule has 2 unspecified atom stereocenters. The number of sulfonamides is 1. The lowest BCUT2D eigenvalue weighted by atomic mass is 10.1. The standard InChI is InChI=1S/C17H20ClN3O4S/c18-13-6-10-2-1-3-16(22)20-14(10)8-15(13)26(24,25)21-11-4-5-12(21)9-19-17(23)7-11/h6,8,11-12H,1-5,7,9H2,(H,19,23)(H,20,22).